The molecule has 1 aliphatic carbocycles. The molecule has 0 radical (unpaired) electrons. The van der Waals surface area contributed by atoms with Gasteiger partial charge in [0, 0.05) is 18.5 Å². The predicted octanol–water partition coefficient (Wildman–Crippen LogP) is 2.87. The van der Waals surface area contributed by atoms with Crippen molar-refractivity contribution in [1.82, 2.24) is 4.90 Å². The minimum absolute atomic E-state index is 0.0125. The summed E-state index contributed by atoms with van der Waals surface area (Å²) in [5.41, 5.74) is 0.919. The summed E-state index contributed by atoms with van der Waals surface area (Å²) in [4.78, 5) is 25.6. The summed E-state index contributed by atoms with van der Waals surface area (Å²) in [6, 6.07) is 7.85. The summed E-state index contributed by atoms with van der Waals surface area (Å²) >= 11 is 0. The zero-order valence-electron chi connectivity index (χ0n) is 13.9. The summed E-state index contributed by atoms with van der Waals surface area (Å²) in [6.45, 7) is 0.496. The number of carboxylic acid groups (broad SMARTS) is 1. The van der Waals surface area contributed by atoms with E-state index in [0.29, 0.717) is 18.2 Å². The number of amides is 1. The minimum atomic E-state index is -0.995. The van der Waals surface area contributed by atoms with E-state index in [2.05, 4.69) is 4.90 Å². The second kappa shape index (κ2) is 7.69. The third kappa shape index (κ3) is 3.89. The summed E-state index contributed by atoms with van der Waals surface area (Å²) < 4.78 is 5.36. The molecule has 130 valence electrons. The molecule has 1 saturated heterocycles. The number of carbonyl (C=O) groups is 2. The van der Waals surface area contributed by atoms with Crippen molar-refractivity contribution < 1.29 is 19.4 Å². The Morgan fingerprint density at radius 2 is 1.92 bits per heavy atom. The van der Waals surface area contributed by atoms with Gasteiger partial charge in [-0.3, -0.25) is 4.79 Å². The Balaban J connectivity index is 1.64. The van der Waals surface area contributed by atoms with E-state index in [1.54, 1.807) is 6.07 Å². The maximum Gasteiger partial charge on any atom is 0.341 e. The van der Waals surface area contributed by atoms with Crippen molar-refractivity contribution in [2.24, 2.45) is 5.92 Å². The SMILES string of the molecule is O=C(O)COc1ccccc1CC1CCN(C2CCCCC2)C1=O. The molecule has 1 aromatic rings. The molecular formula is C19H25NO4. The zero-order valence-corrected chi connectivity index (χ0v) is 13.9. The van der Waals surface area contributed by atoms with Gasteiger partial charge in [0.05, 0.1) is 0 Å². The Morgan fingerprint density at radius 3 is 2.67 bits per heavy atom. The maximum atomic E-state index is 12.8. The molecule has 1 heterocycles. The Kier molecular flexibility index (Phi) is 5.38. The summed E-state index contributed by atoms with van der Waals surface area (Å²) in [5, 5.41) is 8.79. The fourth-order valence-electron chi connectivity index (χ4n) is 3.93. The Morgan fingerprint density at radius 1 is 1.17 bits per heavy atom. The standard InChI is InChI=1S/C19H25NO4/c21-18(22)13-24-17-9-5-4-6-14(17)12-15-10-11-20(19(15)23)16-7-2-1-3-8-16/h4-6,9,15-16H,1-3,7-8,10-13H2,(H,21,22). The third-order valence-corrected chi connectivity index (χ3v) is 5.16. The van der Waals surface area contributed by atoms with Crippen LogP contribution in [0.4, 0.5) is 0 Å². The fraction of sp³-hybridized carbons (Fsp3) is 0.579. The fourth-order valence-corrected chi connectivity index (χ4v) is 3.93. The number of carbonyl (C=O) groups excluding carboxylic acids is 1. The molecule has 1 unspecified atom stereocenters. The van der Waals surface area contributed by atoms with Gasteiger partial charge in [0.25, 0.3) is 0 Å². The van der Waals surface area contributed by atoms with Crippen molar-refractivity contribution in [3.05, 3.63) is 29.8 Å². The number of hydrogen-bond donors (Lipinski definition) is 1. The first-order chi connectivity index (χ1) is 11.6. The van der Waals surface area contributed by atoms with Crippen LogP contribution in [-0.2, 0) is 16.0 Å². The van der Waals surface area contributed by atoms with E-state index in [-0.39, 0.29) is 18.4 Å². The first kappa shape index (κ1) is 16.8. The minimum Gasteiger partial charge on any atom is -0.482 e. The van der Waals surface area contributed by atoms with Gasteiger partial charge in [-0.25, -0.2) is 4.79 Å². The van der Waals surface area contributed by atoms with Crippen LogP contribution in [0.15, 0.2) is 24.3 Å². The lowest BCUT2D eigenvalue weighted by molar-refractivity contribution is -0.139. The van der Waals surface area contributed by atoms with Crippen LogP contribution in [0.25, 0.3) is 0 Å². The van der Waals surface area contributed by atoms with Crippen LogP contribution in [0, 0.1) is 5.92 Å². The first-order valence-corrected chi connectivity index (χ1v) is 8.88. The second-order valence-corrected chi connectivity index (χ2v) is 6.80. The van der Waals surface area contributed by atoms with Crippen molar-refractivity contribution >= 4 is 11.9 Å². The van der Waals surface area contributed by atoms with Gasteiger partial charge in [-0.15, -0.1) is 0 Å². The highest BCUT2D eigenvalue weighted by Crippen LogP contribution is 2.32. The largest absolute Gasteiger partial charge is 0.482 e. The second-order valence-electron chi connectivity index (χ2n) is 6.80. The zero-order chi connectivity index (χ0) is 16.9. The van der Waals surface area contributed by atoms with Crippen LogP contribution < -0.4 is 4.74 Å². The molecule has 1 aliphatic heterocycles. The van der Waals surface area contributed by atoms with Crippen LogP contribution in [0.3, 0.4) is 0 Å². The Bertz CT molecular complexity index is 595. The number of ether oxygens (including phenoxy) is 1. The molecule has 0 aromatic heterocycles. The van der Waals surface area contributed by atoms with E-state index in [1.807, 2.05) is 18.2 Å². The van der Waals surface area contributed by atoms with Crippen molar-refractivity contribution in [3.63, 3.8) is 0 Å². The number of carboxylic acids is 1. The molecule has 5 nitrogen and oxygen atoms in total. The molecule has 1 aromatic carbocycles. The topological polar surface area (TPSA) is 66.8 Å². The Labute approximate surface area is 142 Å². The molecule has 5 heteroatoms. The maximum absolute atomic E-state index is 12.8. The normalized spacial score (nSPS) is 21.9. The summed E-state index contributed by atoms with van der Waals surface area (Å²) in [7, 11) is 0. The van der Waals surface area contributed by atoms with Crippen molar-refractivity contribution in [2.45, 2.75) is 51.0 Å². The van der Waals surface area contributed by atoms with Gasteiger partial charge < -0.3 is 14.7 Å². The van der Waals surface area contributed by atoms with Gasteiger partial charge in [0.1, 0.15) is 5.75 Å². The highest BCUT2D eigenvalue weighted by Gasteiger charge is 2.36. The molecule has 3 rings (SSSR count). The van der Waals surface area contributed by atoms with Crippen LogP contribution in [0.2, 0.25) is 0 Å². The number of likely N-dealkylation sites (tertiary alicyclic amines) is 1. The lowest BCUT2D eigenvalue weighted by Gasteiger charge is -2.31. The van der Waals surface area contributed by atoms with E-state index < -0.39 is 5.97 Å². The summed E-state index contributed by atoms with van der Waals surface area (Å²) in [5.74, 6) is -0.175. The number of rotatable bonds is 6. The van der Waals surface area contributed by atoms with Crippen molar-refractivity contribution in [1.29, 1.82) is 0 Å². The monoisotopic (exact) mass is 331 g/mol. The third-order valence-electron chi connectivity index (χ3n) is 5.16. The molecular weight excluding hydrogens is 306 g/mol. The molecule has 1 amide bonds. The quantitative estimate of drug-likeness (QED) is 0.870. The molecule has 1 N–H and O–H groups in total. The van der Waals surface area contributed by atoms with Gasteiger partial charge >= 0.3 is 5.97 Å². The average Bonchev–Trinajstić information content (AvgIpc) is 2.95. The number of para-hydroxylation sites is 1. The summed E-state index contributed by atoms with van der Waals surface area (Å²) in [6.07, 6.45) is 7.51. The predicted molar refractivity (Wildman–Crippen MR) is 90.0 cm³/mol. The molecule has 2 aliphatic rings. The average molecular weight is 331 g/mol. The van der Waals surface area contributed by atoms with Gasteiger partial charge in [-0.2, -0.15) is 0 Å². The van der Waals surface area contributed by atoms with E-state index in [1.165, 1.54) is 19.3 Å². The van der Waals surface area contributed by atoms with E-state index in [0.717, 1.165) is 31.4 Å². The van der Waals surface area contributed by atoms with Gasteiger partial charge in [-0.1, -0.05) is 37.5 Å². The molecule has 24 heavy (non-hydrogen) atoms. The van der Waals surface area contributed by atoms with Gasteiger partial charge in [0.15, 0.2) is 6.61 Å². The number of benzene rings is 1. The molecule has 0 spiro atoms. The van der Waals surface area contributed by atoms with E-state index in [4.69, 9.17) is 9.84 Å². The number of nitrogens with zero attached hydrogens (tertiary/aromatic N) is 1. The van der Waals surface area contributed by atoms with E-state index >= 15 is 0 Å². The van der Waals surface area contributed by atoms with Crippen LogP contribution in [0.5, 0.6) is 5.75 Å². The van der Waals surface area contributed by atoms with Crippen molar-refractivity contribution in [2.75, 3.05) is 13.2 Å². The Hall–Kier alpha value is -2.04. The van der Waals surface area contributed by atoms with E-state index in [9.17, 15) is 9.59 Å². The van der Waals surface area contributed by atoms with Gasteiger partial charge in [-0.05, 0) is 37.3 Å². The highest BCUT2D eigenvalue weighted by atomic mass is 16.5. The number of hydrogen-bond acceptors (Lipinski definition) is 3. The van der Waals surface area contributed by atoms with Crippen LogP contribution in [-0.4, -0.2) is 41.1 Å². The smallest absolute Gasteiger partial charge is 0.341 e. The van der Waals surface area contributed by atoms with Crippen LogP contribution >= 0.6 is 0 Å². The van der Waals surface area contributed by atoms with Gasteiger partial charge in [0.2, 0.25) is 5.91 Å². The van der Waals surface area contributed by atoms with Crippen LogP contribution in [0.1, 0.15) is 44.1 Å². The first-order valence-electron chi connectivity index (χ1n) is 8.88. The lowest BCUT2D eigenvalue weighted by atomic mass is 9.94. The molecule has 1 saturated carbocycles. The lowest BCUT2D eigenvalue weighted by Crippen LogP contribution is -2.39. The highest BCUT2D eigenvalue weighted by molar-refractivity contribution is 5.81. The molecule has 2 fully saturated rings. The molecule has 0 bridgehead atoms. The van der Waals surface area contributed by atoms with Crippen molar-refractivity contribution in [3.8, 4) is 5.75 Å². The molecule has 1 atom stereocenters. The number of aliphatic carboxylic acids is 1.